The highest BCUT2D eigenvalue weighted by Gasteiger charge is 2.16. The molecule has 2 heterocycles. The molecule has 0 radical (unpaired) electrons. The van der Waals surface area contributed by atoms with Crippen molar-refractivity contribution in [3.05, 3.63) is 65.0 Å². The summed E-state index contributed by atoms with van der Waals surface area (Å²) in [7, 11) is 0. The number of ether oxygens (including phenoxy) is 2. The highest BCUT2D eigenvalue weighted by atomic mass is 32.1. The normalized spacial score (nSPS) is 13.8. The zero-order valence-electron chi connectivity index (χ0n) is 14.4. The summed E-state index contributed by atoms with van der Waals surface area (Å²) in [5.74, 6) is 1.19. The first-order valence-electron chi connectivity index (χ1n) is 8.35. The van der Waals surface area contributed by atoms with Gasteiger partial charge in [-0.2, -0.15) is 4.99 Å². The van der Waals surface area contributed by atoms with E-state index in [1.807, 2.05) is 35.8 Å². The van der Waals surface area contributed by atoms with Crippen LogP contribution in [0.4, 0.5) is 0 Å². The van der Waals surface area contributed by atoms with E-state index in [1.54, 1.807) is 18.2 Å². The van der Waals surface area contributed by atoms with Gasteiger partial charge in [0.1, 0.15) is 13.2 Å². The molecule has 0 saturated heterocycles. The van der Waals surface area contributed by atoms with Crippen LogP contribution in [0.5, 0.6) is 11.5 Å². The number of nitrogens with zero attached hydrogens (tertiary/aromatic N) is 2. The summed E-state index contributed by atoms with van der Waals surface area (Å²) in [6.45, 7) is 7.44. The molecule has 0 N–H and O–H groups in total. The van der Waals surface area contributed by atoms with Crippen molar-refractivity contribution in [2.24, 2.45) is 4.99 Å². The van der Waals surface area contributed by atoms with Crippen LogP contribution in [0.3, 0.4) is 0 Å². The number of carbonyl (C=O) groups excluding carboxylic acids is 1. The maximum absolute atomic E-state index is 12.6. The molecule has 0 bridgehead atoms. The molecule has 0 atom stereocenters. The van der Waals surface area contributed by atoms with E-state index in [-0.39, 0.29) is 5.91 Å². The van der Waals surface area contributed by atoms with Crippen molar-refractivity contribution in [3.63, 3.8) is 0 Å². The van der Waals surface area contributed by atoms with Crippen LogP contribution in [-0.2, 0) is 6.54 Å². The van der Waals surface area contributed by atoms with Gasteiger partial charge in [0.25, 0.3) is 5.91 Å². The van der Waals surface area contributed by atoms with Gasteiger partial charge in [-0.1, -0.05) is 35.1 Å². The number of fused-ring (bicyclic) bond motifs is 2. The number of thiazole rings is 1. The van der Waals surface area contributed by atoms with Gasteiger partial charge in [0.05, 0.1) is 10.2 Å². The van der Waals surface area contributed by atoms with E-state index in [0.29, 0.717) is 30.1 Å². The van der Waals surface area contributed by atoms with Gasteiger partial charge in [0.15, 0.2) is 16.3 Å². The maximum atomic E-state index is 12.6. The van der Waals surface area contributed by atoms with Gasteiger partial charge in [-0.25, -0.2) is 0 Å². The van der Waals surface area contributed by atoms with E-state index in [4.69, 9.17) is 9.47 Å². The molecule has 3 aromatic rings. The molecule has 1 aromatic heterocycles. The lowest BCUT2D eigenvalue weighted by atomic mass is 10.1. The first-order valence-corrected chi connectivity index (χ1v) is 9.17. The molecule has 0 aliphatic carbocycles. The zero-order chi connectivity index (χ0) is 18.1. The smallest absolute Gasteiger partial charge is 0.279 e. The van der Waals surface area contributed by atoms with Crippen LogP contribution >= 0.6 is 11.3 Å². The van der Waals surface area contributed by atoms with Crippen molar-refractivity contribution in [1.82, 2.24) is 4.57 Å². The van der Waals surface area contributed by atoms with Crippen molar-refractivity contribution < 1.29 is 14.3 Å². The van der Waals surface area contributed by atoms with E-state index in [2.05, 4.69) is 11.6 Å². The maximum Gasteiger partial charge on any atom is 0.279 e. The quantitative estimate of drug-likeness (QED) is 0.664. The van der Waals surface area contributed by atoms with Crippen molar-refractivity contribution in [1.29, 1.82) is 0 Å². The minimum Gasteiger partial charge on any atom is -0.486 e. The predicted octanol–water partition coefficient (Wildman–Crippen LogP) is 3.71. The van der Waals surface area contributed by atoms with Crippen LogP contribution < -0.4 is 14.3 Å². The second-order valence-electron chi connectivity index (χ2n) is 6.03. The minimum absolute atomic E-state index is 0.258. The third-order valence-electron chi connectivity index (χ3n) is 4.15. The summed E-state index contributed by atoms with van der Waals surface area (Å²) in [6, 6.07) is 11.3. The third kappa shape index (κ3) is 3.04. The van der Waals surface area contributed by atoms with Gasteiger partial charge in [-0.3, -0.25) is 4.79 Å². The van der Waals surface area contributed by atoms with Crippen LogP contribution in [-0.4, -0.2) is 23.7 Å². The zero-order valence-corrected chi connectivity index (χ0v) is 15.2. The van der Waals surface area contributed by atoms with E-state index in [0.717, 1.165) is 27.3 Å². The highest BCUT2D eigenvalue weighted by Crippen LogP contribution is 2.35. The number of aryl methyl sites for hydroxylation is 1. The van der Waals surface area contributed by atoms with Crippen LogP contribution in [0.15, 0.2) is 54.0 Å². The molecule has 2 aromatic carbocycles. The Morgan fingerprint density at radius 1 is 1.23 bits per heavy atom. The Morgan fingerprint density at radius 3 is 2.62 bits per heavy atom. The Balaban J connectivity index is 1.85. The monoisotopic (exact) mass is 366 g/mol. The average Bonchev–Trinajstić information content (AvgIpc) is 2.97. The van der Waals surface area contributed by atoms with E-state index in [1.165, 1.54) is 11.3 Å². The van der Waals surface area contributed by atoms with Gasteiger partial charge < -0.3 is 14.0 Å². The topological polar surface area (TPSA) is 52.8 Å². The van der Waals surface area contributed by atoms with Crippen molar-refractivity contribution >= 4 is 27.5 Å². The third-order valence-corrected chi connectivity index (χ3v) is 5.20. The molecule has 0 spiro atoms. The number of aromatic nitrogens is 1. The summed E-state index contributed by atoms with van der Waals surface area (Å²) in [6.07, 6.45) is 1.79. The minimum atomic E-state index is -0.258. The molecule has 6 heteroatoms. The van der Waals surface area contributed by atoms with Crippen LogP contribution in [0, 0.1) is 6.92 Å². The first-order chi connectivity index (χ1) is 12.7. The van der Waals surface area contributed by atoms with Crippen LogP contribution in [0.25, 0.3) is 10.2 Å². The average molecular weight is 366 g/mol. The molecule has 132 valence electrons. The molecule has 4 rings (SSSR count). The molecular weight excluding hydrogens is 348 g/mol. The summed E-state index contributed by atoms with van der Waals surface area (Å²) in [5, 5.41) is 0. The highest BCUT2D eigenvalue weighted by molar-refractivity contribution is 7.16. The fourth-order valence-electron chi connectivity index (χ4n) is 2.84. The molecule has 0 unspecified atom stereocenters. The molecule has 0 fully saturated rings. The van der Waals surface area contributed by atoms with Crippen molar-refractivity contribution in [2.45, 2.75) is 13.5 Å². The van der Waals surface area contributed by atoms with Gasteiger partial charge in [-0.15, -0.1) is 6.58 Å². The molecular formula is C20H18N2O3S. The Labute approximate surface area is 154 Å². The van der Waals surface area contributed by atoms with Crippen molar-refractivity contribution in [2.75, 3.05) is 13.2 Å². The number of benzene rings is 2. The van der Waals surface area contributed by atoms with Gasteiger partial charge >= 0.3 is 0 Å². The number of amides is 1. The molecule has 1 amide bonds. The van der Waals surface area contributed by atoms with E-state index >= 15 is 0 Å². The lowest BCUT2D eigenvalue weighted by Gasteiger charge is -2.18. The number of rotatable bonds is 3. The summed E-state index contributed by atoms with van der Waals surface area (Å²) in [5.41, 5.74) is 2.63. The van der Waals surface area contributed by atoms with Crippen LogP contribution in [0.2, 0.25) is 0 Å². The molecule has 0 saturated carbocycles. The summed E-state index contributed by atoms with van der Waals surface area (Å²) >= 11 is 1.45. The van der Waals surface area contributed by atoms with Gasteiger partial charge in [-0.05, 0) is 19.1 Å². The number of allylic oxidation sites excluding steroid dienone is 1. The Kier molecular flexibility index (Phi) is 4.34. The first kappa shape index (κ1) is 16.6. The fourth-order valence-corrected chi connectivity index (χ4v) is 3.89. The van der Waals surface area contributed by atoms with E-state index in [9.17, 15) is 4.79 Å². The molecule has 5 nitrogen and oxygen atoms in total. The summed E-state index contributed by atoms with van der Waals surface area (Å²) < 4.78 is 14.3. The fraction of sp³-hybridized carbons (Fsp3) is 0.200. The SMILES string of the molecule is C=CCn1c(=NC(=O)c2ccc(C)cc2)sc2cc3c(cc21)OCCO3. The Bertz CT molecular complexity index is 1060. The second-order valence-corrected chi connectivity index (χ2v) is 7.04. The lowest BCUT2D eigenvalue weighted by molar-refractivity contribution is 0.0998. The molecule has 1 aliphatic rings. The number of hydrogen-bond donors (Lipinski definition) is 0. The second kappa shape index (κ2) is 6.80. The Morgan fingerprint density at radius 2 is 1.92 bits per heavy atom. The Hall–Kier alpha value is -2.86. The molecule has 26 heavy (non-hydrogen) atoms. The predicted molar refractivity (Wildman–Crippen MR) is 102 cm³/mol. The van der Waals surface area contributed by atoms with Crippen LogP contribution in [0.1, 0.15) is 15.9 Å². The number of hydrogen-bond acceptors (Lipinski definition) is 4. The van der Waals surface area contributed by atoms with Gasteiger partial charge in [0, 0.05) is 24.2 Å². The standard InChI is InChI=1S/C20H18N2O3S/c1-3-8-22-15-11-16-17(25-10-9-24-16)12-18(15)26-20(22)21-19(23)14-6-4-13(2)5-7-14/h3-7,11-12H,1,8-10H2,2H3. The number of carbonyl (C=O) groups is 1. The van der Waals surface area contributed by atoms with Crippen molar-refractivity contribution in [3.8, 4) is 11.5 Å². The molecule has 1 aliphatic heterocycles. The van der Waals surface area contributed by atoms with E-state index < -0.39 is 0 Å². The largest absolute Gasteiger partial charge is 0.486 e. The summed E-state index contributed by atoms with van der Waals surface area (Å²) in [4.78, 5) is 17.6. The van der Waals surface area contributed by atoms with Gasteiger partial charge in [0.2, 0.25) is 0 Å². The lowest BCUT2D eigenvalue weighted by Crippen LogP contribution is -2.17.